The summed E-state index contributed by atoms with van der Waals surface area (Å²) >= 11 is 1.93. The lowest BCUT2D eigenvalue weighted by Crippen LogP contribution is -2.30. The first-order chi connectivity index (χ1) is 27.4. The van der Waals surface area contributed by atoms with Gasteiger partial charge in [-0.2, -0.15) is 21.7 Å². The zero-order valence-electron chi connectivity index (χ0n) is 30.6. The van der Waals surface area contributed by atoms with E-state index in [-0.39, 0.29) is 29.0 Å². The predicted molar refractivity (Wildman–Crippen MR) is 211 cm³/mol. The van der Waals surface area contributed by atoms with Crippen molar-refractivity contribution in [2.75, 3.05) is 33.6 Å². The van der Waals surface area contributed by atoms with Crippen molar-refractivity contribution in [3.8, 4) is 23.0 Å². The number of hydrogen-bond acceptors (Lipinski definition) is 12. The van der Waals surface area contributed by atoms with Crippen LogP contribution in [0.3, 0.4) is 0 Å². The number of rotatable bonds is 8. The van der Waals surface area contributed by atoms with Crippen molar-refractivity contribution in [2.24, 2.45) is 14.1 Å². The lowest BCUT2D eigenvalue weighted by atomic mass is 10.2. The number of nitrogens with one attached hydrogen (secondary N) is 2. The molecule has 2 aromatic carbocycles. The molecule has 19 heteroatoms. The van der Waals surface area contributed by atoms with Crippen LogP contribution in [0.4, 0.5) is 29.5 Å². The summed E-state index contributed by atoms with van der Waals surface area (Å²) in [6.45, 7) is 0. The van der Waals surface area contributed by atoms with Crippen LogP contribution in [-0.2, 0) is 24.9 Å². The van der Waals surface area contributed by atoms with E-state index in [1.165, 1.54) is 28.3 Å². The number of anilines is 2. The molecule has 57 heavy (non-hydrogen) atoms. The Morgan fingerprint density at radius 3 is 1.54 bits per heavy atom. The molecule has 13 nitrogen and oxygen atoms in total. The molecule has 0 bridgehead atoms. The zero-order chi connectivity index (χ0) is 40.2. The molecule has 2 aliphatic heterocycles. The Kier molecular flexibility index (Phi) is 12.0. The minimum absolute atomic E-state index is 0.0888. The molecule has 0 spiro atoms. The van der Waals surface area contributed by atoms with Crippen molar-refractivity contribution >= 4 is 56.5 Å². The molecule has 0 atom stereocenters. The van der Waals surface area contributed by atoms with Crippen LogP contribution in [-0.4, -0.2) is 68.4 Å². The van der Waals surface area contributed by atoms with Crippen LogP contribution in [0.25, 0.3) is 22.1 Å². The van der Waals surface area contributed by atoms with Gasteiger partial charge in [0.2, 0.25) is 11.9 Å². The third-order valence-electron chi connectivity index (χ3n) is 9.33. The molecule has 2 fully saturated rings. The number of ether oxygens (including phenoxy) is 2. The van der Waals surface area contributed by atoms with Gasteiger partial charge in [-0.25, -0.2) is 27.5 Å². The number of aromatic nitrogens is 6. The highest BCUT2D eigenvalue weighted by Crippen LogP contribution is 2.27. The van der Waals surface area contributed by atoms with Crippen molar-refractivity contribution < 1.29 is 31.2 Å². The van der Waals surface area contributed by atoms with Crippen LogP contribution in [0, 0.1) is 23.3 Å². The number of aryl methyl sites for hydroxylation is 2. The van der Waals surface area contributed by atoms with E-state index < -0.39 is 45.2 Å². The average molecular weight is 825 g/mol. The van der Waals surface area contributed by atoms with Gasteiger partial charge >= 0.3 is 0 Å². The van der Waals surface area contributed by atoms with Crippen molar-refractivity contribution in [3.63, 3.8) is 0 Å². The summed E-state index contributed by atoms with van der Waals surface area (Å²) in [6, 6.07) is 9.09. The number of halogens is 4. The molecule has 4 aromatic heterocycles. The van der Waals surface area contributed by atoms with E-state index >= 15 is 0 Å². The molecule has 298 valence electrons. The summed E-state index contributed by atoms with van der Waals surface area (Å²) in [7, 11) is 2.33. The van der Waals surface area contributed by atoms with E-state index in [2.05, 4.69) is 30.6 Å². The normalized spacial score (nSPS) is 17.2. The smallest absolute Gasteiger partial charge is 0.294 e. The Hall–Kier alpha value is -5.56. The first-order valence-corrected chi connectivity index (χ1v) is 20.5. The number of nitrogens with zero attached hydrogens (tertiary/aromatic N) is 6. The topological polar surface area (TPSA) is 155 Å². The molecule has 0 unspecified atom stereocenters. The average Bonchev–Trinajstić information content (AvgIpc) is 3.20. The van der Waals surface area contributed by atoms with Crippen LogP contribution < -0.4 is 31.2 Å². The largest absolute Gasteiger partial charge is 0.448 e. The van der Waals surface area contributed by atoms with E-state index in [9.17, 15) is 31.4 Å². The number of fused-ring (bicyclic) bond motifs is 2. The summed E-state index contributed by atoms with van der Waals surface area (Å²) in [6.07, 6.45) is 6.75. The molecule has 6 aromatic rings. The molecule has 2 N–H and O–H groups in total. The zero-order valence-corrected chi connectivity index (χ0v) is 32.3. The van der Waals surface area contributed by atoms with E-state index in [4.69, 9.17) is 9.47 Å². The summed E-state index contributed by atoms with van der Waals surface area (Å²) in [5.41, 5.74) is -0.160. The van der Waals surface area contributed by atoms with Crippen molar-refractivity contribution in [1.82, 2.24) is 29.1 Å². The second kappa shape index (κ2) is 17.3. The standard InChI is InChI=1S/C19H18F2N4O3S.C19H18F2N4O2S/c1-25-17-11(10-22-19(24-17)23-13-4-6-29(27)7-5-13)8-16(18(25)26)28-15-3-2-12(20)9-14(15)21;1-25-17-11(10-22-19(24-17)23-13-4-6-28-7-5-13)8-16(18(25)26)27-15-3-2-12(20)9-14(15)21/h2-3,8-10,13H,4-7H2,1H3,(H,22,23,24);2-3,8-10,13H,4-7H2,1H3,(H,22,23,24). The minimum Gasteiger partial charge on any atom is -0.448 e. The molecule has 0 saturated carbocycles. The van der Waals surface area contributed by atoms with Gasteiger partial charge in [0.25, 0.3) is 11.1 Å². The molecule has 0 radical (unpaired) electrons. The number of hydrogen-bond donors (Lipinski definition) is 2. The molecule has 2 aliphatic rings. The first-order valence-electron chi connectivity index (χ1n) is 17.9. The second-order valence-corrected chi connectivity index (χ2v) is 16.3. The molecule has 0 aliphatic carbocycles. The van der Waals surface area contributed by atoms with Gasteiger partial charge in [-0.3, -0.25) is 22.9 Å². The van der Waals surface area contributed by atoms with Crippen molar-refractivity contribution in [3.05, 3.63) is 105 Å². The van der Waals surface area contributed by atoms with Gasteiger partial charge in [0.05, 0.1) is 0 Å². The number of pyridine rings is 2. The highest BCUT2D eigenvalue weighted by molar-refractivity contribution is 7.99. The molecule has 6 heterocycles. The SMILES string of the molecule is Cn1c(=O)c(Oc2ccc(F)cc2F)cc2cnc(NC3CCS(=O)CC3)nc21.Cn1c(=O)c(Oc2ccc(F)cc2F)cc2cnc(NC3CCSCC3)nc21. The maximum absolute atomic E-state index is 13.9. The quantitative estimate of drug-likeness (QED) is 0.163. The fraction of sp³-hybridized carbons (Fsp3) is 0.316. The molecular formula is C38H36F4N8O5S2. The van der Waals surface area contributed by atoms with Gasteiger partial charge in [-0.15, -0.1) is 0 Å². The Bertz CT molecular complexity index is 2600. The number of thioether (sulfide) groups is 1. The van der Waals surface area contributed by atoms with Gasteiger partial charge in [0.1, 0.15) is 22.9 Å². The van der Waals surface area contributed by atoms with Gasteiger partial charge in [0.15, 0.2) is 34.6 Å². The number of benzene rings is 2. The van der Waals surface area contributed by atoms with E-state index in [0.29, 0.717) is 63.6 Å². The van der Waals surface area contributed by atoms with Gasteiger partial charge < -0.3 is 20.1 Å². The van der Waals surface area contributed by atoms with Gasteiger partial charge in [0, 0.05) is 83.8 Å². The lowest BCUT2D eigenvalue weighted by molar-refractivity contribution is 0.430. The summed E-state index contributed by atoms with van der Waals surface area (Å²) in [5, 5.41) is 7.64. The van der Waals surface area contributed by atoms with E-state index in [0.717, 1.165) is 61.5 Å². The fourth-order valence-electron chi connectivity index (χ4n) is 6.22. The Balaban J connectivity index is 0.000000174. The minimum atomic E-state index is -0.906. The third-order valence-corrected chi connectivity index (χ3v) is 11.8. The highest BCUT2D eigenvalue weighted by Gasteiger charge is 2.20. The fourth-order valence-corrected chi connectivity index (χ4v) is 8.62. The Labute approximate surface area is 329 Å². The van der Waals surface area contributed by atoms with Gasteiger partial charge in [-0.1, -0.05) is 0 Å². The van der Waals surface area contributed by atoms with Gasteiger partial charge in [-0.05, 0) is 73.6 Å². The lowest BCUT2D eigenvalue weighted by Gasteiger charge is -2.22. The third kappa shape index (κ3) is 9.36. The summed E-state index contributed by atoms with van der Waals surface area (Å²) in [5.74, 6) is 0.396. The van der Waals surface area contributed by atoms with Crippen LogP contribution in [0.5, 0.6) is 23.0 Å². The van der Waals surface area contributed by atoms with Crippen LogP contribution in [0.15, 0.2) is 70.5 Å². The van der Waals surface area contributed by atoms with E-state index in [1.54, 1.807) is 19.4 Å². The van der Waals surface area contributed by atoms with Crippen LogP contribution in [0.2, 0.25) is 0 Å². The van der Waals surface area contributed by atoms with Crippen molar-refractivity contribution in [1.29, 1.82) is 0 Å². The maximum atomic E-state index is 13.9. The second-order valence-electron chi connectivity index (χ2n) is 13.3. The van der Waals surface area contributed by atoms with E-state index in [1.807, 2.05) is 11.8 Å². The first kappa shape index (κ1) is 39.7. The van der Waals surface area contributed by atoms with Crippen LogP contribution >= 0.6 is 11.8 Å². The summed E-state index contributed by atoms with van der Waals surface area (Å²) < 4.78 is 78.7. The predicted octanol–water partition coefficient (Wildman–Crippen LogP) is 6.43. The maximum Gasteiger partial charge on any atom is 0.294 e. The summed E-state index contributed by atoms with van der Waals surface area (Å²) in [4.78, 5) is 42.7. The Morgan fingerprint density at radius 1 is 0.667 bits per heavy atom. The molecule has 0 amide bonds. The highest BCUT2D eigenvalue weighted by atomic mass is 32.2. The Morgan fingerprint density at radius 2 is 1.11 bits per heavy atom. The molecular weight excluding hydrogens is 789 g/mol. The monoisotopic (exact) mass is 824 g/mol. The molecule has 8 rings (SSSR count). The van der Waals surface area contributed by atoms with Crippen molar-refractivity contribution in [2.45, 2.75) is 37.8 Å². The van der Waals surface area contributed by atoms with Crippen LogP contribution in [0.1, 0.15) is 25.7 Å². The molecule has 2 saturated heterocycles.